The summed E-state index contributed by atoms with van der Waals surface area (Å²) in [6.07, 6.45) is 4.43. The van der Waals surface area contributed by atoms with Gasteiger partial charge >= 0.3 is 0 Å². The number of carbonyl (C=O) groups excluding carboxylic acids is 2. The molecule has 120 valence electrons. The third-order valence-electron chi connectivity index (χ3n) is 4.85. The number of aromatic nitrogens is 2. The molecule has 2 aliphatic rings. The van der Waals surface area contributed by atoms with E-state index < -0.39 is 0 Å². The number of likely N-dealkylation sites (tertiary alicyclic amines) is 1. The maximum Gasteiger partial charge on any atom is 0.254 e. The van der Waals surface area contributed by atoms with E-state index in [1.165, 1.54) is 0 Å². The lowest BCUT2D eigenvalue weighted by molar-refractivity contribution is -0.136. The number of hydrogen-bond donors (Lipinski definition) is 2. The molecule has 2 heterocycles. The maximum absolute atomic E-state index is 12.4. The molecule has 1 aliphatic heterocycles. The summed E-state index contributed by atoms with van der Waals surface area (Å²) in [5, 5.41) is 9.80. The zero-order valence-electron chi connectivity index (χ0n) is 13.5. The SMILES string of the molecule is Cc1[nH]ncc1C(=O)NC1CCN(C(=O)C2CC2)CC1(C)C. The van der Waals surface area contributed by atoms with Gasteiger partial charge < -0.3 is 10.2 Å². The number of piperidine rings is 1. The van der Waals surface area contributed by atoms with Crippen molar-refractivity contribution in [3.05, 3.63) is 17.5 Å². The number of aryl methyl sites for hydroxylation is 1. The Kier molecular flexibility index (Phi) is 3.70. The molecule has 0 radical (unpaired) electrons. The second kappa shape index (κ2) is 5.41. The van der Waals surface area contributed by atoms with Gasteiger partial charge in [0.1, 0.15) is 0 Å². The van der Waals surface area contributed by atoms with Gasteiger partial charge in [-0.05, 0) is 26.2 Å². The van der Waals surface area contributed by atoms with Crippen LogP contribution in [-0.4, -0.2) is 46.0 Å². The molecule has 0 bridgehead atoms. The average Bonchev–Trinajstić information content (AvgIpc) is 3.21. The third kappa shape index (κ3) is 2.87. The van der Waals surface area contributed by atoms with Crippen molar-refractivity contribution in [2.75, 3.05) is 13.1 Å². The zero-order chi connectivity index (χ0) is 15.9. The largest absolute Gasteiger partial charge is 0.349 e. The first-order valence-electron chi connectivity index (χ1n) is 7.98. The van der Waals surface area contributed by atoms with E-state index >= 15 is 0 Å². The predicted octanol–water partition coefficient (Wildman–Crippen LogP) is 1.49. The summed E-state index contributed by atoms with van der Waals surface area (Å²) in [5.74, 6) is 0.463. The molecule has 3 rings (SSSR count). The molecule has 1 aromatic heterocycles. The quantitative estimate of drug-likeness (QED) is 0.888. The van der Waals surface area contributed by atoms with Crippen LogP contribution < -0.4 is 5.32 Å². The molecular formula is C16H24N4O2. The van der Waals surface area contributed by atoms with E-state index in [1.807, 2.05) is 11.8 Å². The molecule has 2 fully saturated rings. The summed E-state index contributed by atoms with van der Waals surface area (Å²) in [5.41, 5.74) is 1.24. The number of hydrogen-bond acceptors (Lipinski definition) is 3. The Bertz CT molecular complexity index is 589. The van der Waals surface area contributed by atoms with Gasteiger partial charge in [0.2, 0.25) is 5.91 Å². The molecule has 1 unspecified atom stereocenters. The van der Waals surface area contributed by atoms with Gasteiger partial charge in [-0.15, -0.1) is 0 Å². The number of rotatable bonds is 3. The monoisotopic (exact) mass is 304 g/mol. The number of nitrogens with one attached hydrogen (secondary N) is 2. The van der Waals surface area contributed by atoms with E-state index in [9.17, 15) is 9.59 Å². The molecule has 1 saturated carbocycles. The fourth-order valence-corrected chi connectivity index (χ4v) is 3.22. The van der Waals surface area contributed by atoms with Crippen molar-refractivity contribution in [3.63, 3.8) is 0 Å². The normalized spacial score (nSPS) is 24.1. The first-order chi connectivity index (χ1) is 10.4. The van der Waals surface area contributed by atoms with Gasteiger partial charge in [0.25, 0.3) is 5.91 Å². The van der Waals surface area contributed by atoms with Gasteiger partial charge in [-0.1, -0.05) is 13.8 Å². The highest BCUT2D eigenvalue weighted by atomic mass is 16.2. The molecule has 0 spiro atoms. The highest BCUT2D eigenvalue weighted by molar-refractivity contribution is 5.95. The molecule has 0 aromatic carbocycles. The molecule has 1 atom stereocenters. The summed E-state index contributed by atoms with van der Waals surface area (Å²) >= 11 is 0. The van der Waals surface area contributed by atoms with Crippen molar-refractivity contribution in [2.24, 2.45) is 11.3 Å². The van der Waals surface area contributed by atoms with Crippen molar-refractivity contribution in [1.29, 1.82) is 0 Å². The maximum atomic E-state index is 12.4. The lowest BCUT2D eigenvalue weighted by Crippen LogP contribution is -2.57. The van der Waals surface area contributed by atoms with E-state index in [-0.39, 0.29) is 23.3 Å². The lowest BCUT2D eigenvalue weighted by Gasteiger charge is -2.44. The van der Waals surface area contributed by atoms with Gasteiger partial charge in [-0.2, -0.15) is 5.10 Å². The van der Waals surface area contributed by atoms with E-state index in [2.05, 4.69) is 29.4 Å². The number of aromatic amines is 1. The van der Waals surface area contributed by atoms with Gasteiger partial charge in [0.15, 0.2) is 0 Å². The topological polar surface area (TPSA) is 78.1 Å². The molecule has 22 heavy (non-hydrogen) atoms. The van der Waals surface area contributed by atoms with Crippen molar-refractivity contribution in [3.8, 4) is 0 Å². The molecule has 1 aliphatic carbocycles. The Labute approximate surface area is 130 Å². The van der Waals surface area contributed by atoms with Crippen LogP contribution in [0.15, 0.2) is 6.20 Å². The fourth-order valence-electron chi connectivity index (χ4n) is 3.22. The number of carbonyl (C=O) groups is 2. The first-order valence-corrected chi connectivity index (χ1v) is 7.98. The molecule has 1 aromatic rings. The van der Waals surface area contributed by atoms with Gasteiger partial charge in [0, 0.05) is 36.2 Å². The van der Waals surface area contributed by atoms with Crippen LogP contribution in [0.4, 0.5) is 0 Å². The van der Waals surface area contributed by atoms with Gasteiger partial charge in [0.05, 0.1) is 11.8 Å². The van der Waals surface area contributed by atoms with Crippen LogP contribution in [0.2, 0.25) is 0 Å². The fraction of sp³-hybridized carbons (Fsp3) is 0.688. The minimum Gasteiger partial charge on any atom is -0.349 e. The molecule has 6 nitrogen and oxygen atoms in total. The first kappa shape index (κ1) is 15.1. The van der Waals surface area contributed by atoms with Crippen molar-refractivity contribution < 1.29 is 9.59 Å². The minimum absolute atomic E-state index is 0.0672. The molecule has 1 saturated heterocycles. The van der Waals surface area contributed by atoms with Crippen molar-refractivity contribution in [1.82, 2.24) is 20.4 Å². The standard InChI is InChI=1S/C16H24N4O2/c1-10-12(8-17-19-10)14(21)18-13-6-7-20(9-16(13,2)3)15(22)11-4-5-11/h8,11,13H,4-7,9H2,1-3H3,(H,17,19)(H,18,21). The van der Waals surface area contributed by atoms with Crippen LogP contribution in [-0.2, 0) is 4.79 Å². The van der Waals surface area contributed by atoms with E-state index in [0.29, 0.717) is 18.0 Å². The van der Waals surface area contributed by atoms with Crippen LogP contribution in [0.5, 0.6) is 0 Å². The summed E-state index contributed by atoms with van der Waals surface area (Å²) in [4.78, 5) is 26.6. The zero-order valence-corrected chi connectivity index (χ0v) is 13.5. The Morgan fingerprint density at radius 2 is 2.09 bits per heavy atom. The number of nitrogens with zero attached hydrogens (tertiary/aromatic N) is 2. The van der Waals surface area contributed by atoms with E-state index in [4.69, 9.17) is 0 Å². The Balaban J connectivity index is 1.64. The lowest BCUT2D eigenvalue weighted by atomic mass is 9.78. The summed E-state index contributed by atoms with van der Waals surface area (Å²) < 4.78 is 0. The van der Waals surface area contributed by atoms with Crippen LogP contribution in [0.1, 0.15) is 49.2 Å². The predicted molar refractivity (Wildman–Crippen MR) is 82.3 cm³/mol. The molecule has 2 N–H and O–H groups in total. The number of amides is 2. The molecular weight excluding hydrogens is 280 g/mol. The average molecular weight is 304 g/mol. The van der Waals surface area contributed by atoms with Crippen LogP contribution in [0, 0.1) is 18.3 Å². The third-order valence-corrected chi connectivity index (χ3v) is 4.85. The summed E-state index contributed by atoms with van der Waals surface area (Å²) in [6.45, 7) is 7.51. The Morgan fingerprint density at radius 3 is 2.64 bits per heavy atom. The Morgan fingerprint density at radius 1 is 1.36 bits per heavy atom. The molecule has 2 amide bonds. The highest BCUT2D eigenvalue weighted by Gasteiger charge is 2.42. The second-order valence-electron chi connectivity index (χ2n) is 7.25. The van der Waals surface area contributed by atoms with Gasteiger partial charge in [-0.25, -0.2) is 0 Å². The van der Waals surface area contributed by atoms with Crippen molar-refractivity contribution >= 4 is 11.8 Å². The minimum atomic E-state index is -0.129. The van der Waals surface area contributed by atoms with E-state index in [0.717, 1.165) is 31.5 Å². The summed E-state index contributed by atoms with van der Waals surface area (Å²) in [7, 11) is 0. The van der Waals surface area contributed by atoms with Crippen LogP contribution >= 0.6 is 0 Å². The highest BCUT2D eigenvalue weighted by Crippen LogP contribution is 2.35. The second-order valence-corrected chi connectivity index (χ2v) is 7.25. The van der Waals surface area contributed by atoms with Crippen LogP contribution in [0.3, 0.4) is 0 Å². The molecule has 6 heteroatoms. The number of H-pyrrole nitrogens is 1. The Hall–Kier alpha value is -1.85. The smallest absolute Gasteiger partial charge is 0.254 e. The van der Waals surface area contributed by atoms with Crippen molar-refractivity contribution in [2.45, 2.75) is 46.1 Å². The summed E-state index contributed by atoms with van der Waals surface area (Å²) in [6, 6.07) is 0.0672. The van der Waals surface area contributed by atoms with Gasteiger partial charge in [-0.3, -0.25) is 14.7 Å². The van der Waals surface area contributed by atoms with Crippen LogP contribution in [0.25, 0.3) is 0 Å². The van der Waals surface area contributed by atoms with E-state index in [1.54, 1.807) is 6.20 Å².